The summed E-state index contributed by atoms with van der Waals surface area (Å²) in [6.07, 6.45) is -0.282. The van der Waals surface area contributed by atoms with Crippen LogP contribution in [0.2, 0.25) is 5.02 Å². The lowest BCUT2D eigenvalue weighted by atomic mass is 10.1. The van der Waals surface area contributed by atoms with E-state index in [1.807, 2.05) is 35.8 Å². The smallest absolute Gasteiger partial charge is 0.173 e. The van der Waals surface area contributed by atoms with Crippen LogP contribution in [0.1, 0.15) is 13.2 Å². The topological polar surface area (TPSA) is 14.2 Å². The standard InChI is InChI=1S/C16H10BrClFNO/c1-8-20-13-5-3-10(18)7-12(13)15(19)16(20)11-4-2-9(17)6-14(11)21-8/h2-8H,1H3. The Morgan fingerprint density at radius 1 is 1.24 bits per heavy atom. The Kier molecular flexibility index (Phi) is 2.81. The van der Waals surface area contributed by atoms with E-state index in [2.05, 4.69) is 15.9 Å². The van der Waals surface area contributed by atoms with Crippen molar-refractivity contribution in [1.29, 1.82) is 0 Å². The van der Waals surface area contributed by atoms with Gasteiger partial charge in [0.1, 0.15) is 5.75 Å². The molecule has 4 rings (SSSR count). The largest absolute Gasteiger partial charge is 0.470 e. The Hall–Kier alpha value is -1.52. The molecule has 2 heterocycles. The maximum atomic E-state index is 14.9. The number of rotatable bonds is 0. The number of aromatic nitrogens is 1. The van der Waals surface area contributed by atoms with Crippen LogP contribution in [0.3, 0.4) is 0 Å². The molecule has 0 aliphatic carbocycles. The fourth-order valence-electron chi connectivity index (χ4n) is 2.90. The fourth-order valence-corrected chi connectivity index (χ4v) is 3.41. The highest BCUT2D eigenvalue weighted by Gasteiger charge is 2.29. The maximum absolute atomic E-state index is 14.9. The zero-order chi connectivity index (χ0) is 14.7. The predicted octanol–water partition coefficient (Wildman–Crippen LogP) is 5.77. The summed E-state index contributed by atoms with van der Waals surface area (Å²) >= 11 is 9.41. The summed E-state index contributed by atoms with van der Waals surface area (Å²) in [5.74, 6) is 0.420. The van der Waals surface area contributed by atoms with Crippen LogP contribution < -0.4 is 4.74 Å². The molecule has 2 nitrogen and oxygen atoms in total. The summed E-state index contributed by atoms with van der Waals surface area (Å²) in [5.41, 5.74) is 2.09. The van der Waals surface area contributed by atoms with Crippen LogP contribution in [0.5, 0.6) is 5.75 Å². The van der Waals surface area contributed by atoms with Crippen molar-refractivity contribution in [2.45, 2.75) is 13.2 Å². The Morgan fingerprint density at radius 3 is 2.86 bits per heavy atom. The predicted molar refractivity (Wildman–Crippen MR) is 85.4 cm³/mol. The summed E-state index contributed by atoms with van der Waals surface area (Å²) in [5, 5.41) is 1.04. The molecule has 1 unspecified atom stereocenters. The third kappa shape index (κ3) is 1.82. The van der Waals surface area contributed by atoms with Crippen LogP contribution in [0, 0.1) is 5.82 Å². The van der Waals surface area contributed by atoms with Crippen LogP contribution in [0.25, 0.3) is 22.2 Å². The molecule has 0 bridgehead atoms. The van der Waals surface area contributed by atoms with Crippen molar-refractivity contribution in [2.24, 2.45) is 0 Å². The average molecular weight is 367 g/mol. The fraction of sp³-hybridized carbons (Fsp3) is 0.125. The Bertz CT molecular complexity index is 890. The van der Waals surface area contributed by atoms with Crippen molar-refractivity contribution in [3.8, 4) is 17.0 Å². The highest BCUT2D eigenvalue weighted by Crippen LogP contribution is 2.45. The average Bonchev–Trinajstić information content (AvgIpc) is 2.73. The maximum Gasteiger partial charge on any atom is 0.173 e. The van der Waals surface area contributed by atoms with Gasteiger partial charge in [0.2, 0.25) is 0 Å². The van der Waals surface area contributed by atoms with E-state index in [1.165, 1.54) is 0 Å². The molecule has 1 aliphatic heterocycles. The van der Waals surface area contributed by atoms with Gasteiger partial charge in [-0.25, -0.2) is 4.39 Å². The van der Waals surface area contributed by atoms with Crippen molar-refractivity contribution in [2.75, 3.05) is 0 Å². The number of fused-ring (bicyclic) bond motifs is 5. The molecule has 21 heavy (non-hydrogen) atoms. The first-order valence-corrected chi connectivity index (χ1v) is 7.69. The van der Waals surface area contributed by atoms with Gasteiger partial charge in [-0.3, -0.25) is 0 Å². The van der Waals surface area contributed by atoms with Gasteiger partial charge in [0.05, 0.1) is 11.2 Å². The first-order valence-electron chi connectivity index (χ1n) is 6.52. The highest BCUT2D eigenvalue weighted by atomic mass is 79.9. The lowest BCUT2D eigenvalue weighted by molar-refractivity contribution is 0.151. The van der Waals surface area contributed by atoms with Crippen LogP contribution >= 0.6 is 27.5 Å². The summed E-state index contributed by atoms with van der Waals surface area (Å²) in [6, 6.07) is 10.9. The van der Waals surface area contributed by atoms with Gasteiger partial charge in [-0.1, -0.05) is 27.5 Å². The lowest BCUT2D eigenvalue weighted by Crippen LogP contribution is -2.18. The molecule has 0 fully saturated rings. The lowest BCUT2D eigenvalue weighted by Gasteiger charge is -2.27. The van der Waals surface area contributed by atoms with Crippen LogP contribution in [-0.4, -0.2) is 4.57 Å². The minimum atomic E-state index is -0.282. The van der Waals surface area contributed by atoms with Crippen LogP contribution in [0.4, 0.5) is 4.39 Å². The van der Waals surface area contributed by atoms with Crippen molar-refractivity contribution in [3.05, 3.63) is 51.7 Å². The second-order valence-electron chi connectivity index (χ2n) is 5.05. The number of hydrogen-bond donors (Lipinski definition) is 0. The summed E-state index contributed by atoms with van der Waals surface area (Å²) in [6.45, 7) is 1.90. The summed E-state index contributed by atoms with van der Waals surface area (Å²) in [7, 11) is 0. The number of ether oxygens (including phenoxy) is 1. The van der Waals surface area contributed by atoms with E-state index in [4.69, 9.17) is 16.3 Å². The number of hydrogen-bond acceptors (Lipinski definition) is 1. The normalized spacial score (nSPS) is 16.5. The molecular weight excluding hydrogens is 357 g/mol. The molecule has 1 aromatic heterocycles. The van der Waals surface area contributed by atoms with Crippen molar-refractivity contribution in [1.82, 2.24) is 4.57 Å². The Labute approximate surface area is 134 Å². The van der Waals surface area contributed by atoms with Crippen LogP contribution in [0.15, 0.2) is 40.9 Å². The van der Waals surface area contributed by atoms with E-state index in [1.54, 1.807) is 12.1 Å². The second kappa shape index (κ2) is 4.49. The summed E-state index contributed by atoms with van der Waals surface area (Å²) < 4.78 is 23.6. The molecule has 0 radical (unpaired) electrons. The molecule has 0 saturated carbocycles. The molecule has 2 aromatic carbocycles. The molecule has 3 aromatic rings. The molecule has 0 saturated heterocycles. The second-order valence-corrected chi connectivity index (χ2v) is 6.40. The highest BCUT2D eigenvalue weighted by molar-refractivity contribution is 9.10. The number of nitrogens with zero attached hydrogens (tertiary/aromatic N) is 1. The van der Waals surface area contributed by atoms with E-state index in [0.717, 1.165) is 15.6 Å². The summed E-state index contributed by atoms with van der Waals surface area (Å²) in [4.78, 5) is 0. The van der Waals surface area contributed by atoms with Gasteiger partial charge in [-0.2, -0.15) is 0 Å². The SMILES string of the molecule is CC1Oc2cc(Br)ccc2-c2c(F)c3cc(Cl)ccc3n21. The zero-order valence-electron chi connectivity index (χ0n) is 11.0. The van der Waals surface area contributed by atoms with E-state index in [-0.39, 0.29) is 12.0 Å². The zero-order valence-corrected chi connectivity index (χ0v) is 13.4. The van der Waals surface area contributed by atoms with E-state index in [9.17, 15) is 4.39 Å². The van der Waals surface area contributed by atoms with Crippen molar-refractivity contribution >= 4 is 38.4 Å². The van der Waals surface area contributed by atoms with Gasteiger partial charge >= 0.3 is 0 Å². The first-order chi connectivity index (χ1) is 10.1. The number of benzene rings is 2. The van der Waals surface area contributed by atoms with E-state index in [0.29, 0.717) is 21.9 Å². The number of halogens is 3. The third-order valence-electron chi connectivity index (χ3n) is 3.76. The van der Waals surface area contributed by atoms with Gasteiger partial charge in [0.25, 0.3) is 0 Å². The monoisotopic (exact) mass is 365 g/mol. The molecule has 1 aliphatic rings. The molecule has 0 amide bonds. The van der Waals surface area contributed by atoms with Gasteiger partial charge < -0.3 is 9.30 Å². The van der Waals surface area contributed by atoms with E-state index >= 15 is 0 Å². The minimum absolute atomic E-state index is 0.258. The first kappa shape index (κ1) is 13.2. The molecule has 0 N–H and O–H groups in total. The van der Waals surface area contributed by atoms with Crippen molar-refractivity contribution < 1.29 is 9.13 Å². The van der Waals surface area contributed by atoms with Crippen molar-refractivity contribution in [3.63, 3.8) is 0 Å². The van der Waals surface area contributed by atoms with Crippen LogP contribution in [-0.2, 0) is 0 Å². The van der Waals surface area contributed by atoms with Gasteiger partial charge in [0.15, 0.2) is 12.0 Å². The van der Waals surface area contributed by atoms with Gasteiger partial charge in [0, 0.05) is 20.4 Å². The molecule has 106 valence electrons. The third-order valence-corrected chi connectivity index (χ3v) is 4.49. The van der Waals surface area contributed by atoms with E-state index < -0.39 is 0 Å². The molecule has 5 heteroatoms. The molecule has 1 atom stereocenters. The Morgan fingerprint density at radius 2 is 2.05 bits per heavy atom. The molecule has 0 spiro atoms. The van der Waals surface area contributed by atoms with Gasteiger partial charge in [-0.15, -0.1) is 0 Å². The van der Waals surface area contributed by atoms with Gasteiger partial charge in [-0.05, 0) is 43.3 Å². The Balaban J connectivity index is 2.13. The molecular formula is C16H10BrClFNO. The minimum Gasteiger partial charge on any atom is -0.470 e. The quantitative estimate of drug-likeness (QED) is 0.492.